The monoisotopic (exact) mass is 518 g/mol. The minimum Gasteiger partial charge on any atom is -0.352 e. The van der Waals surface area contributed by atoms with Crippen LogP contribution in [0.15, 0.2) is 42.5 Å². The predicted molar refractivity (Wildman–Crippen MR) is 139 cm³/mol. The zero-order valence-corrected chi connectivity index (χ0v) is 22.3. The highest BCUT2D eigenvalue weighted by molar-refractivity contribution is 7.92. The Kier molecular flexibility index (Phi) is 9.57. The lowest BCUT2D eigenvalue weighted by Gasteiger charge is -2.32. The Hall–Kier alpha value is -3.47. The Bertz CT molecular complexity index is 1210. The third-order valence-electron chi connectivity index (χ3n) is 5.99. The molecule has 2 aromatic rings. The van der Waals surface area contributed by atoms with Gasteiger partial charge in [-0.05, 0) is 45.2 Å². The van der Waals surface area contributed by atoms with Crippen molar-refractivity contribution in [1.82, 2.24) is 10.2 Å². The molecular formula is C25H34N4O6S. The summed E-state index contributed by atoms with van der Waals surface area (Å²) in [6.45, 7) is 8.37. The van der Waals surface area contributed by atoms with Gasteiger partial charge in [-0.2, -0.15) is 0 Å². The Balaban J connectivity index is 2.47. The molecule has 2 amide bonds. The number of non-ortho nitro benzene ring substituents is 1. The van der Waals surface area contributed by atoms with E-state index in [4.69, 9.17) is 0 Å². The number of amides is 2. The van der Waals surface area contributed by atoms with Crippen LogP contribution in [0.2, 0.25) is 0 Å². The van der Waals surface area contributed by atoms with E-state index >= 15 is 0 Å². The summed E-state index contributed by atoms with van der Waals surface area (Å²) in [7, 11) is -4.00. The predicted octanol–water partition coefficient (Wildman–Crippen LogP) is 3.31. The zero-order chi connectivity index (χ0) is 27.2. The molecular weight excluding hydrogens is 484 g/mol. The van der Waals surface area contributed by atoms with E-state index in [0.717, 1.165) is 27.8 Å². The van der Waals surface area contributed by atoms with Crippen molar-refractivity contribution < 1.29 is 22.9 Å². The summed E-state index contributed by atoms with van der Waals surface area (Å²) in [5.74, 6) is -0.971. The maximum Gasteiger partial charge on any atom is 0.271 e. The molecule has 0 aliphatic heterocycles. The molecule has 0 saturated heterocycles. The van der Waals surface area contributed by atoms with Gasteiger partial charge in [-0.3, -0.25) is 24.0 Å². The molecule has 196 valence electrons. The van der Waals surface area contributed by atoms with Crippen molar-refractivity contribution in [2.24, 2.45) is 0 Å². The molecule has 36 heavy (non-hydrogen) atoms. The largest absolute Gasteiger partial charge is 0.352 e. The van der Waals surface area contributed by atoms with Gasteiger partial charge in [0.05, 0.1) is 16.9 Å². The first-order valence-corrected chi connectivity index (χ1v) is 13.5. The van der Waals surface area contributed by atoms with E-state index in [1.165, 1.54) is 17.0 Å². The average Bonchev–Trinajstić information content (AvgIpc) is 2.81. The first kappa shape index (κ1) is 28.8. The van der Waals surface area contributed by atoms with Crippen LogP contribution in [0.25, 0.3) is 0 Å². The molecule has 0 bridgehead atoms. The van der Waals surface area contributed by atoms with Crippen LogP contribution in [-0.2, 0) is 26.2 Å². The van der Waals surface area contributed by atoms with E-state index in [-0.39, 0.29) is 29.9 Å². The van der Waals surface area contributed by atoms with Gasteiger partial charge in [0, 0.05) is 24.7 Å². The van der Waals surface area contributed by atoms with Crippen LogP contribution in [0, 0.1) is 24.0 Å². The molecule has 0 spiro atoms. The van der Waals surface area contributed by atoms with E-state index in [2.05, 4.69) is 5.32 Å². The Labute approximate surface area is 212 Å². The highest BCUT2D eigenvalue weighted by Crippen LogP contribution is 2.28. The summed E-state index contributed by atoms with van der Waals surface area (Å²) in [6, 6.07) is 10.3. The summed E-state index contributed by atoms with van der Waals surface area (Å²) in [5.41, 5.74) is 1.99. The van der Waals surface area contributed by atoms with Crippen LogP contribution in [0.4, 0.5) is 11.4 Å². The summed E-state index contributed by atoms with van der Waals surface area (Å²) in [4.78, 5) is 38.5. The third kappa shape index (κ3) is 7.51. The number of sulfonamides is 1. The Morgan fingerprint density at radius 1 is 1.08 bits per heavy atom. The van der Waals surface area contributed by atoms with Crippen LogP contribution in [0.5, 0.6) is 0 Å². The topological polar surface area (TPSA) is 130 Å². The number of anilines is 1. The van der Waals surface area contributed by atoms with Gasteiger partial charge < -0.3 is 10.2 Å². The van der Waals surface area contributed by atoms with Gasteiger partial charge in [-0.15, -0.1) is 0 Å². The second kappa shape index (κ2) is 12.0. The van der Waals surface area contributed by atoms with Gasteiger partial charge in [-0.25, -0.2) is 8.42 Å². The number of hydrogen-bond acceptors (Lipinski definition) is 6. The van der Waals surface area contributed by atoms with Gasteiger partial charge in [0.25, 0.3) is 5.69 Å². The molecule has 10 nitrogen and oxygen atoms in total. The van der Waals surface area contributed by atoms with Crippen LogP contribution in [0.3, 0.4) is 0 Å². The molecule has 0 radical (unpaired) electrons. The lowest BCUT2D eigenvalue weighted by Crippen LogP contribution is -2.52. The maximum atomic E-state index is 13.6. The lowest BCUT2D eigenvalue weighted by molar-refractivity contribution is -0.384. The third-order valence-corrected chi connectivity index (χ3v) is 7.12. The fourth-order valence-corrected chi connectivity index (χ4v) is 4.41. The Morgan fingerprint density at radius 3 is 2.22 bits per heavy atom. The number of benzene rings is 2. The van der Waals surface area contributed by atoms with Crippen molar-refractivity contribution in [2.45, 2.75) is 59.7 Å². The number of rotatable bonds is 11. The molecule has 0 heterocycles. The maximum absolute atomic E-state index is 13.6. The lowest BCUT2D eigenvalue weighted by atomic mass is 10.1. The smallest absolute Gasteiger partial charge is 0.271 e. The van der Waals surface area contributed by atoms with Gasteiger partial charge in [0.1, 0.15) is 12.6 Å². The number of aryl methyl sites for hydroxylation is 2. The molecule has 0 aliphatic carbocycles. The number of carbonyl (C=O) groups excluding carboxylic acids is 2. The molecule has 11 heteroatoms. The molecule has 0 fully saturated rings. The fraction of sp³-hybridized carbons (Fsp3) is 0.440. The highest BCUT2D eigenvalue weighted by Gasteiger charge is 2.31. The molecule has 2 atom stereocenters. The van der Waals surface area contributed by atoms with Gasteiger partial charge >= 0.3 is 0 Å². The second-order valence-electron chi connectivity index (χ2n) is 9.00. The molecule has 2 aromatic carbocycles. The van der Waals surface area contributed by atoms with Crippen LogP contribution < -0.4 is 9.62 Å². The van der Waals surface area contributed by atoms with E-state index in [1.54, 1.807) is 13.8 Å². The summed E-state index contributed by atoms with van der Waals surface area (Å²) < 4.78 is 26.3. The SMILES string of the molecule is CCC(C)NC(=O)C(C)N(Cc1ccc(C)cc1)C(=O)CN(c1cc([N+](=O)[O-])ccc1C)S(C)(=O)=O. The first-order valence-electron chi connectivity index (χ1n) is 11.6. The van der Waals surface area contributed by atoms with Crippen molar-refractivity contribution in [2.75, 3.05) is 17.1 Å². The molecule has 1 N–H and O–H groups in total. The van der Waals surface area contributed by atoms with Crippen molar-refractivity contribution in [3.05, 3.63) is 69.3 Å². The first-order chi connectivity index (χ1) is 16.7. The summed E-state index contributed by atoms with van der Waals surface area (Å²) in [5, 5.41) is 14.2. The van der Waals surface area contributed by atoms with Crippen molar-refractivity contribution in [3.63, 3.8) is 0 Å². The summed E-state index contributed by atoms with van der Waals surface area (Å²) >= 11 is 0. The number of carbonyl (C=O) groups is 2. The van der Waals surface area contributed by atoms with E-state index in [0.29, 0.717) is 12.0 Å². The number of hydrogen-bond donors (Lipinski definition) is 1. The molecule has 2 unspecified atom stereocenters. The summed E-state index contributed by atoms with van der Waals surface area (Å²) in [6.07, 6.45) is 1.64. The number of nitrogens with zero attached hydrogens (tertiary/aromatic N) is 3. The molecule has 0 saturated carbocycles. The molecule has 0 aliphatic rings. The van der Waals surface area contributed by atoms with Gasteiger partial charge in [0.15, 0.2) is 0 Å². The number of nitro benzene ring substituents is 1. The van der Waals surface area contributed by atoms with E-state index in [9.17, 15) is 28.1 Å². The van der Waals surface area contributed by atoms with Crippen LogP contribution in [0.1, 0.15) is 43.9 Å². The zero-order valence-electron chi connectivity index (χ0n) is 21.5. The molecule has 0 aromatic heterocycles. The van der Waals surface area contributed by atoms with Gasteiger partial charge in [0.2, 0.25) is 21.8 Å². The number of nitrogens with one attached hydrogen (secondary N) is 1. The highest BCUT2D eigenvalue weighted by atomic mass is 32.2. The minimum absolute atomic E-state index is 0.0343. The quantitative estimate of drug-likeness (QED) is 0.359. The van der Waals surface area contributed by atoms with Crippen molar-refractivity contribution in [1.29, 1.82) is 0 Å². The van der Waals surface area contributed by atoms with Gasteiger partial charge in [-0.1, -0.05) is 42.8 Å². The number of nitro groups is 1. The van der Waals surface area contributed by atoms with Crippen molar-refractivity contribution in [3.8, 4) is 0 Å². The Morgan fingerprint density at radius 2 is 1.69 bits per heavy atom. The normalized spacial score (nSPS) is 12.9. The van der Waals surface area contributed by atoms with Crippen LogP contribution >= 0.6 is 0 Å². The van der Waals surface area contributed by atoms with E-state index in [1.807, 2.05) is 45.0 Å². The standard InChI is InChI=1S/C25H34N4O6S/c1-7-19(4)26-25(31)20(5)27(15-21-11-8-17(2)9-12-21)24(30)16-28(36(6,34)35)23-14-22(29(32)33)13-10-18(23)3/h8-14,19-20H,7,15-16H2,1-6H3,(H,26,31). The minimum atomic E-state index is -4.00. The van der Waals surface area contributed by atoms with E-state index < -0.39 is 33.4 Å². The van der Waals surface area contributed by atoms with Crippen LogP contribution in [-0.4, -0.2) is 54.9 Å². The van der Waals surface area contributed by atoms with Crippen molar-refractivity contribution >= 4 is 33.2 Å². The molecule has 2 rings (SSSR count). The fourth-order valence-electron chi connectivity index (χ4n) is 3.51. The average molecular weight is 519 g/mol. The second-order valence-corrected chi connectivity index (χ2v) is 10.9.